The van der Waals surface area contributed by atoms with Gasteiger partial charge in [-0.25, -0.2) is 4.98 Å². The zero-order chi connectivity index (χ0) is 10.8. The van der Waals surface area contributed by atoms with Gasteiger partial charge in [0.2, 0.25) is 5.28 Å². The van der Waals surface area contributed by atoms with Gasteiger partial charge < -0.3 is 9.47 Å². The number of imidazole rings is 1. The summed E-state index contributed by atoms with van der Waals surface area (Å²) in [5.74, 6) is 0.640. The zero-order valence-corrected chi connectivity index (χ0v) is 10.2. The molecule has 0 unspecified atom stereocenters. The molecule has 0 aliphatic carbocycles. The SMILES string of the molecule is CCn1c(C2CCN(C)CC2)cnc1Cl. The summed E-state index contributed by atoms with van der Waals surface area (Å²) in [6.07, 6.45) is 4.39. The fourth-order valence-electron chi connectivity index (χ4n) is 2.31. The third-order valence-electron chi connectivity index (χ3n) is 3.29. The molecule has 1 saturated heterocycles. The van der Waals surface area contributed by atoms with Gasteiger partial charge in [0.05, 0.1) is 6.20 Å². The van der Waals surface area contributed by atoms with Gasteiger partial charge in [-0.05, 0) is 51.5 Å². The molecule has 2 rings (SSSR count). The molecule has 0 radical (unpaired) electrons. The molecule has 0 N–H and O–H groups in total. The van der Waals surface area contributed by atoms with Crippen molar-refractivity contribution in [1.29, 1.82) is 0 Å². The number of halogens is 1. The number of nitrogens with zero attached hydrogens (tertiary/aromatic N) is 3. The Balaban J connectivity index is 2.15. The number of hydrogen-bond donors (Lipinski definition) is 0. The van der Waals surface area contributed by atoms with Crippen molar-refractivity contribution in [3.05, 3.63) is 17.2 Å². The molecule has 4 heteroatoms. The summed E-state index contributed by atoms with van der Waals surface area (Å²) >= 11 is 6.03. The first-order chi connectivity index (χ1) is 7.22. The second-order valence-corrected chi connectivity index (χ2v) is 4.61. The third kappa shape index (κ3) is 2.18. The zero-order valence-electron chi connectivity index (χ0n) is 9.41. The van der Waals surface area contributed by atoms with Gasteiger partial charge in [0.25, 0.3) is 0 Å². The van der Waals surface area contributed by atoms with Crippen LogP contribution in [0.1, 0.15) is 31.4 Å². The molecule has 0 atom stereocenters. The lowest BCUT2D eigenvalue weighted by atomic mass is 9.94. The average molecular weight is 228 g/mol. The highest BCUT2D eigenvalue weighted by Crippen LogP contribution is 2.29. The van der Waals surface area contributed by atoms with Crippen LogP contribution >= 0.6 is 11.6 Å². The lowest BCUT2D eigenvalue weighted by Gasteiger charge is -2.29. The Morgan fingerprint density at radius 3 is 2.73 bits per heavy atom. The van der Waals surface area contributed by atoms with E-state index in [4.69, 9.17) is 11.6 Å². The lowest BCUT2D eigenvalue weighted by Crippen LogP contribution is -2.30. The van der Waals surface area contributed by atoms with Gasteiger partial charge in [0.1, 0.15) is 0 Å². The molecule has 1 aromatic heterocycles. The molecule has 84 valence electrons. The first kappa shape index (κ1) is 11.0. The summed E-state index contributed by atoms with van der Waals surface area (Å²) in [5.41, 5.74) is 1.32. The van der Waals surface area contributed by atoms with Crippen LogP contribution in [0, 0.1) is 0 Å². The van der Waals surface area contributed by atoms with Gasteiger partial charge in [-0.1, -0.05) is 0 Å². The number of aromatic nitrogens is 2. The quantitative estimate of drug-likeness (QED) is 0.774. The summed E-state index contributed by atoms with van der Waals surface area (Å²) in [5, 5.41) is 0.631. The molecule has 1 aliphatic heterocycles. The molecule has 0 amide bonds. The van der Waals surface area contributed by atoms with E-state index in [0.29, 0.717) is 11.2 Å². The smallest absolute Gasteiger partial charge is 0.202 e. The Morgan fingerprint density at radius 2 is 2.13 bits per heavy atom. The molecular weight excluding hydrogens is 210 g/mol. The predicted octanol–water partition coefficient (Wildman–Crippen LogP) is 2.37. The standard InChI is InChI=1S/C11H18ClN3/c1-3-15-10(8-13-11(15)12)9-4-6-14(2)7-5-9/h8-9H,3-7H2,1-2H3. The van der Waals surface area contributed by atoms with Gasteiger partial charge >= 0.3 is 0 Å². The fourth-order valence-corrected chi connectivity index (χ4v) is 2.57. The summed E-state index contributed by atoms with van der Waals surface area (Å²) in [7, 11) is 2.18. The van der Waals surface area contributed by atoms with Crippen molar-refractivity contribution >= 4 is 11.6 Å². The summed E-state index contributed by atoms with van der Waals surface area (Å²) in [4.78, 5) is 6.58. The van der Waals surface area contributed by atoms with E-state index in [1.54, 1.807) is 0 Å². The first-order valence-electron chi connectivity index (χ1n) is 5.61. The van der Waals surface area contributed by atoms with E-state index in [9.17, 15) is 0 Å². The van der Waals surface area contributed by atoms with Crippen LogP contribution in [0.25, 0.3) is 0 Å². The van der Waals surface area contributed by atoms with Gasteiger partial charge in [-0.15, -0.1) is 0 Å². The number of likely N-dealkylation sites (tertiary alicyclic amines) is 1. The Labute approximate surface area is 96.0 Å². The van der Waals surface area contributed by atoms with Crippen molar-refractivity contribution in [2.24, 2.45) is 0 Å². The molecule has 0 aromatic carbocycles. The highest BCUT2D eigenvalue weighted by atomic mass is 35.5. The fraction of sp³-hybridized carbons (Fsp3) is 0.727. The topological polar surface area (TPSA) is 21.1 Å². The Kier molecular flexibility index (Phi) is 3.32. The van der Waals surface area contributed by atoms with Crippen molar-refractivity contribution in [1.82, 2.24) is 14.5 Å². The Morgan fingerprint density at radius 1 is 1.47 bits per heavy atom. The summed E-state index contributed by atoms with van der Waals surface area (Å²) in [6, 6.07) is 0. The normalized spacial score (nSPS) is 19.7. The number of rotatable bonds is 2. The Bertz CT molecular complexity index is 327. The number of piperidine rings is 1. The predicted molar refractivity (Wildman–Crippen MR) is 62.4 cm³/mol. The second-order valence-electron chi connectivity index (χ2n) is 4.27. The molecule has 0 bridgehead atoms. The minimum absolute atomic E-state index is 0.631. The van der Waals surface area contributed by atoms with Crippen LogP contribution < -0.4 is 0 Å². The van der Waals surface area contributed by atoms with Crippen LogP contribution in [0.2, 0.25) is 5.28 Å². The van der Waals surface area contributed by atoms with Crippen molar-refractivity contribution in [2.45, 2.75) is 32.2 Å². The lowest BCUT2D eigenvalue weighted by molar-refractivity contribution is 0.251. The van der Waals surface area contributed by atoms with E-state index in [2.05, 4.69) is 28.4 Å². The second kappa shape index (κ2) is 4.54. The van der Waals surface area contributed by atoms with Gasteiger partial charge in [-0.2, -0.15) is 0 Å². The maximum Gasteiger partial charge on any atom is 0.202 e. The molecule has 15 heavy (non-hydrogen) atoms. The van der Waals surface area contributed by atoms with E-state index in [0.717, 1.165) is 6.54 Å². The van der Waals surface area contributed by atoms with Crippen molar-refractivity contribution in [2.75, 3.05) is 20.1 Å². The van der Waals surface area contributed by atoms with E-state index in [1.165, 1.54) is 31.6 Å². The average Bonchev–Trinajstić information content (AvgIpc) is 2.61. The molecule has 1 fully saturated rings. The van der Waals surface area contributed by atoms with E-state index < -0.39 is 0 Å². The summed E-state index contributed by atoms with van der Waals surface area (Å²) < 4.78 is 2.12. The Hall–Kier alpha value is -0.540. The van der Waals surface area contributed by atoms with Crippen LogP contribution in [-0.4, -0.2) is 34.6 Å². The van der Waals surface area contributed by atoms with Crippen LogP contribution in [-0.2, 0) is 6.54 Å². The van der Waals surface area contributed by atoms with Crippen LogP contribution in [0.4, 0.5) is 0 Å². The first-order valence-corrected chi connectivity index (χ1v) is 5.99. The van der Waals surface area contributed by atoms with Gasteiger partial charge in [0, 0.05) is 18.2 Å². The molecule has 3 nitrogen and oxygen atoms in total. The van der Waals surface area contributed by atoms with Crippen LogP contribution in [0.15, 0.2) is 6.20 Å². The van der Waals surface area contributed by atoms with Crippen LogP contribution in [0.5, 0.6) is 0 Å². The molecular formula is C11H18ClN3. The maximum atomic E-state index is 6.03. The van der Waals surface area contributed by atoms with E-state index in [-0.39, 0.29) is 0 Å². The molecule has 2 heterocycles. The minimum atomic E-state index is 0.631. The number of hydrogen-bond acceptors (Lipinski definition) is 2. The van der Waals surface area contributed by atoms with Gasteiger partial charge in [-0.3, -0.25) is 0 Å². The van der Waals surface area contributed by atoms with Crippen molar-refractivity contribution < 1.29 is 0 Å². The van der Waals surface area contributed by atoms with Crippen LogP contribution in [0.3, 0.4) is 0 Å². The molecule has 0 saturated carbocycles. The van der Waals surface area contributed by atoms with Crippen molar-refractivity contribution in [3.8, 4) is 0 Å². The third-order valence-corrected chi connectivity index (χ3v) is 3.59. The highest BCUT2D eigenvalue weighted by Gasteiger charge is 2.22. The van der Waals surface area contributed by atoms with Crippen molar-refractivity contribution in [3.63, 3.8) is 0 Å². The minimum Gasteiger partial charge on any atom is -0.319 e. The van der Waals surface area contributed by atoms with E-state index >= 15 is 0 Å². The largest absolute Gasteiger partial charge is 0.319 e. The maximum absolute atomic E-state index is 6.03. The molecule has 0 spiro atoms. The monoisotopic (exact) mass is 227 g/mol. The van der Waals surface area contributed by atoms with Gasteiger partial charge in [0.15, 0.2) is 0 Å². The summed E-state index contributed by atoms with van der Waals surface area (Å²) in [6.45, 7) is 5.39. The van der Waals surface area contributed by atoms with E-state index in [1.807, 2.05) is 6.20 Å². The molecule has 1 aliphatic rings. The highest BCUT2D eigenvalue weighted by molar-refractivity contribution is 6.28. The molecule has 1 aromatic rings.